The van der Waals surface area contributed by atoms with E-state index in [9.17, 15) is 9.59 Å². The number of fused-ring (bicyclic) bond motifs is 1. The lowest BCUT2D eigenvalue weighted by Crippen LogP contribution is -2.46. The molecule has 4 rings (SSSR count). The fourth-order valence-corrected chi connectivity index (χ4v) is 3.82. The Morgan fingerprint density at radius 1 is 0.806 bits per heavy atom. The summed E-state index contributed by atoms with van der Waals surface area (Å²) in [6.07, 6.45) is 1.59. The summed E-state index contributed by atoms with van der Waals surface area (Å²) in [5.41, 5.74) is 2.99. The Labute approximate surface area is 180 Å². The maximum absolute atomic E-state index is 13.3. The first-order valence-corrected chi connectivity index (χ1v) is 10.0. The van der Waals surface area contributed by atoms with Crippen molar-refractivity contribution in [1.82, 2.24) is 10.3 Å². The molecular weight excluding hydrogens is 388 g/mol. The zero-order valence-corrected chi connectivity index (χ0v) is 17.1. The lowest BCUT2D eigenvalue weighted by atomic mass is 9.84. The zero-order valence-electron chi connectivity index (χ0n) is 17.1. The second-order valence-electron chi connectivity index (χ2n) is 7.15. The van der Waals surface area contributed by atoms with Crippen molar-refractivity contribution >= 4 is 22.8 Å². The van der Waals surface area contributed by atoms with E-state index in [-0.39, 0.29) is 5.91 Å². The Morgan fingerprint density at radius 3 is 2.00 bits per heavy atom. The SMILES string of the molecule is COC(=O)[C@H](NC(=O)c1ccnc2ccccc12)C(c1ccccc1)c1ccccc1. The largest absolute Gasteiger partial charge is 0.467 e. The van der Waals surface area contributed by atoms with Crippen LogP contribution in [0.2, 0.25) is 0 Å². The minimum atomic E-state index is -0.908. The van der Waals surface area contributed by atoms with Gasteiger partial charge in [-0.3, -0.25) is 9.78 Å². The van der Waals surface area contributed by atoms with Crippen molar-refractivity contribution in [2.45, 2.75) is 12.0 Å². The molecule has 1 atom stereocenters. The van der Waals surface area contributed by atoms with Gasteiger partial charge in [-0.2, -0.15) is 0 Å². The number of hydrogen-bond acceptors (Lipinski definition) is 4. The Morgan fingerprint density at radius 2 is 1.39 bits per heavy atom. The number of aromatic nitrogens is 1. The Balaban J connectivity index is 1.77. The van der Waals surface area contributed by atoms with Gasteiger partial charge in [-0.15, -0.1) is 0 Å². The van der Waals surface area contributed by atoms with Crippen LogP contribution in [0.4, 0.5) is 0 Å². The smallest absolute Gasteiger partial charge is 0.329 e. The molecule has 5 heteroatoms. The monoisotopic (exact) mass is 410 g/mol. The van der Waals surface area contributed by atoms with E-state index < -0.39 is 17.9 Å². The summed E-state index contributed by atoms with van der Waals surface area (Å²) in [6.45, 7) is 0. The van der Waals surface area contributed by atoms with Crippen LogP contribution in [0.15, 0.2) is 97.2 Å². The number of esters is 1. The number of carbonyl (C=O) groups is 2. The second-order valence-corrected chi connectivity index (χ2v) is 7.15. The van der Waals surface area contributed by atoms with E-state index in [0.717, 1.165) is 16.5 Å². The molecule has 1 heterocycles. The van der Waals surface area contributed by atoms with Crippen molar-refractivity contribution in [2.75, 3.05) is 7.11 Å². The van der Waals surface area contributed by atoms with Crippen LogP contribution in [0.3, 0.4) is 0 Å². The van der Waals surface area contributed by atoms with Crippen molar-refractivity contribution in [3.63, 3.8) is 0 Å². The van der Waals surface area contributed by atoms with E-state index in [2.05, 4.69) is 10.3 Å². The summed E-state index contributed by atoms with van der Waals surface area (Å²) in [5.74, 6) is -1.28. The minimum absolute atomic E-state index is 0.356. The van der Waals surface area contributed by atoms with E-state index in [4.69, 9.17) is 4.74 Å². The molecule has 0 aliphatic carbocycles. The molecule has 0 saturated carbocycles. The third-order valence-corrected chi connectivity index (χ3v) is 5.29. The van der Waals surface area contributed by atoms with Crippen LogP contribution in [0, 0.1) is 0 Å². The predicted octanol–water partition coefficient (Wildman–Crippen LogP) is 4.34. The minimum Gasteiger partial charge on any atom is -0.467 e. The fourth-order valence-electron chi connectivity index (χ4n) is 3.82. The van der Waals surface area contributed by atoms with Crippen LogP contribution in [-0.4, -0.2) is 30.0 Å². The van der Waals surface area contributed by atoms with Gasteiger partial charge in [0.1, 0.15) is 6.04 Å². The molecule has 0 fully saturated rings. The molecule has 0 spiro atoms. The van der Waals surface area contributed by atoms with E-state index in [0.29, 0.717) is 11.1 Å². The summed E-state index contributed by atoms with van der Waals surface area (Å²) in [6, 6.07) is 27.4. The molecule has 0 bridgehead atoms. The zero-order chi connectivity index (χ0) is 21.6. The molecule has 5 nitrogen and oxygen atoms in total. The van der Waals surface area contributed by atoms with Gasteiger partial charge in [0, 0.05) is 17.5 Å². The van der Waals surface area contributed by atoms with Crippen LogP contribution < -0.4 is 5.32 Å². The van der Waals surface area contributed by atoms with Crippen LogP contribution >= 0.6 is 0 Å². The molecule has 0 saturated heterocycles. The van der Waals surface area contributed by atoms with Gasteiger partial charge in [-0.05, 0) is 23.3 Å². The topological polar surface area (TPSA) is 68.3 Å². The predicted molar refractivity (Wildman–Crippen MR) is 120 cm³/mol. The number of amides is 1. The Hall–Kier alpha value is -3.99. The molecule has 0 aliphatic heterocycles. The van der Waals surface area contributed by atoms with Gasteiger partial charge < -0.3 is 10.1 Å². The van der Waals surface area contributed by atoms with Crippen molar-refractivity contribution in [1.29, 1.82) is 0 Å². The highest BCUT2D eigenvalue weighted by Gasteiger charge is 2.33. The first kappa shape index (κ1) is 20.3. The number of nitrogens with one attached hydrogen (secondary N) is 1. The molecule has 1 aromatic heterocycles. The number of carbonyl (C=O) groups excluding carboxylic acids is 2. The highest BCUT2D eigenvalue weighted by atomic mass is 16.5. The molecule has 154 valence electrons. The van der Waals surface area contributed by atoms with Gasteiger partial charge in [0.05, 0.1) is 18.2 Å². The molecule has 3 aromatic carbocycles. The van der Waals surface area contributed by atoms with Crippen LogP contribution in [0.5, 0.6) is 0 Å². The number of rotatable bonds is 6. The first-order chi connectivity index (χ1) is 15.2. The average molecular weight is 410 g/mol. The number of pyridine rings is 1. The number of benzene rings is 3. The molecular formula is C26H22N2O3. The van der Waals surface area contributed by atoms with Gasteiger partial charge in [0.25, 0.3) is 5.91 Å². The van der Waals surface area contributed by atoms with Crippen LogP contribution in [0.1, 0.15) is 27.4 Å². The molecule has 31 heavy (non-hydrogen) atoms. The number of methoxy groups -OCH3 is 1. The molecule has 0 radical (unpaired) electrons. The van der Waals surface area contributed by atoms with Gasteiger partial charge in [-0.1, -0.05) is 78.9 Å². The highest BCUT2D eigenvalue weighted by molar-refractivity contribution is 6.07. The molecule has 4 aromatic rings. The van der Waals surface area contributed by atoms with E-state index >= 15 is 0 Å². The maximum atomic E-state index is 13.3. The van der Waals surface area contributed by atoms with Crippen LogP contribution in [0.25, 0.3) is 10.9 Å². The summed E-state index contributed by atoms with van der Waals surface area (Å²) >= 11 is 0. The normalized spacial score (nSPS) is 11.8. The lowest BCUT2D eigenvalue weighted by Gasteiger charge is -2.27. The van der Waals surface area contributed by atoms with Gasteiger partial charge in [0.15, 0.2) is 0 Å². The summed E-state index contributed by atoms with van der Waals surface area (Å²) in [5, 5.41) is 3.66. The molecule has 0 aliphatic rings. The standard InChI is InChI=1S/C26H22N2O3/c1-31-26(30)24(23(18-10-4-2-5-11-18)19-12-6-3-7-13-19)28-25(29)21-16-17-27-22-15-9-8-14-20(21)22/h2-17,23-24H,1H3,(H,28,29)/t24-/m1/s1. The van der Waals surface area contributed by atoms with Gasteiger partial charge in [-0.25, -0.2) is 4.79 Å². The highest BCUT2D eigenvalue weighted by Crippen LogP contribution is 2.29. The quantitative estimate of drug-likeness (QED) is 0.480. The lowest BCUT2D eigenvalue weighted by molar-refractivity contribution is -0.143. The third kappa shape index (κ3) is 4.31. The Kier molecular flexibility index (Phi) is 6.03. The summed E-state index contributed by atoms with van der Waals surface area (Å²) < 4.78 is 5.09. The van der Waals surface area contributed by atoms with Crippen LogP contribution in [-0.2, 0) is 9.53 Å². The summed E-state index contributed by atoms with van der Waals surface area (Å²) in [7, 11) is 1.33. The van der Waals surface area contributed by atoms with Crippen molar-refractivity contribution in [3.05, 3.63) is 114 Å². The second kappa shape index (κ2) is 9.22. The fraction of sp³-hybridized carbons (Fsp3) is 0.115. The molecule has 1 amide bonds. The van der Waals surface area contributed by atoms with E-state index in [1.165, 1.54) is 7.11 Å². The van der Waals surface area contributed by atoms with Crippen molar-refractivity contribution < 1.29 is 14.3 Å². The van der Waals surface area contributed by atoms with E-state index in [1.54, 1.807) is 12.3 Å². The maximum Gasteiger partial charge on any atom is 0.329 e. The van der Waals surface area contributed by atoms with E-state index in [1.807, 2.05) is 84.9 Å². The van der Waals surface area contributed by atoms with Crippen molar-refractivity contribution in [3.8, 4) is 0 Å². The third-order valence-electron chi connectivity index (χ3n) is 5.29. The first-order valence-electron chi connectivity index (χ1n) is 10.0. The number of ether oxygens (including phenoxy) is 1. The molecule has 1 N–H and O–H groups in total. The van der Waals surface area contributed by atoms with Crippen molar-refractivity contribution in [2.24, 2.45) is 0 Å². The van der Waals surface area contributed by atoms with Gasteiger partial charge in [0.2, 0.25) is 0 Å². The van der Waals surface area contributed by atoms with Gasteiger partial charge >= 0.3 is 5.97 Å². The summed E-state index contributed by atoms with van der Waals surface area (Å²) in [4.78, 5) is 30.5. The number of para-hydroxylation sites is 1. The molecule has 0 unspecified atom stereocenters. The average Bonchev–Trinajstić information content (AvgIpc) is 2.84. The Bertz CT molecular complexity index is 1150. The number of nitrogens with zero attached hydrogens (tertiary/aromatic N) is 1. The number of hydrogen-bond donors (Lipinski definition) is 1.